The van der Waals surface area contributed by atoms with E-state index in [2.05, 4.69) is 17.6 Å². The Hall–Kier alpha value is -1.22. The van der Waals surface area contributed by atoms with E-state index in [9.17, 15) is 5.11 Å². The molecule has 5 heteroatoms. The van der Waals surface area contributed by atoms with Gasteiger partial charge in [-0.15, -0.1) is 0 Å². The molecule has 110 valence electrons. The van der Waals surface area contributed by atoms with E-state index < -0.39 is 6.10 Å². The molecular weight excluding hydrogens is 272 g/mol. The fourth-order valence-corrected chi connectivity index (χ4v) is 2.13. The largest absolute Gasteiger partial charge is 0.491 e. The molecule has 0 fully saturated rings. The van der Waals surface area contributed by atoms with Crippen molar-refractivity contribution in [1.82, 2.24) is 5.32 Å². The van der Waals surface area contributed by atoms with Crippen LogP contribution in [0.15, 0.2) is 24.3 Å². The van der Waals surface area contributed by atoms with Crippen molar-refractivity contribution in [1.29, 1.82) is 5.26 Å². The summed E-state index contributed by atoms with van der Waals surface area (Å²) in [4.78, 5) is 0. The topological polar surface area (TPSA) is 65.3 Å². The van der Waals surface area contributed by atoms with Gasteiger partial charge in [-0.25, -0.2) is 0 Å². The number of unbranched alkanes of at least 4 members (excludes halogenated alkanes) is 1. The first-order chi connectivity index (χ1) is 9.76. The SMILES string of the molecule is CSCCCCNCC(O)COc1ccc(C#N)cc1. The third-order valence-corrected chi connectivity index (χ3v) is 3.45. The summed E-state index contributed by atoms with van der Waals surface area (Å²) in [7, 11) is 0. The molecule has 1 atom stereocenters. The van der Waals surface area contributed by atoms with Crippen LogP contribution in [-0.2, 0) is 0 Å². The molecule has 0 bridgehead atoms. The Kier molecular flexibility index (Phi) is 8.88. The Balaban J connectivity index is 2.10. The first-order valence-electron chi connectivity index (χ1n) is 6.77. The van der Waals surface area contributed by atoms with Gasteiger partial charge < -0.3 is 15.2 Å². The van der Waals surface area contributed by atoms with Gasteiger partial charge in [0.15, 0.2) is 0 Å². The van der Waals surface area contributed by atoms with E-state index in [4.69, 9.17) is 10.00 Å². The van der Waals surface area contributed by atoms with E-state index in [0.717, 1.165) is 13.0 Å². The highest BCUT2D eigenvalue weighted by Gasteiger charge is 2.04. The van der Waals surface area contributed by atoms with Crippen molar-refractivity contribution in [3.8, 4) is 11.8 Å². The highest BCUT2D eigenvalue weighted by atomic mass is 32.2. The van der Waals surface area contributed by atoms with Gasteiger partial charge in [0, 0.05) is 6.54 Å². The van der Waals surface area contributed by atoms with Crippen molar-refractivity contribution >= 4 is 11.8 Å². The predicted octanol–water partition coefficient (Wildman–Crippen LogP) is 2.03. The van der Waals surface area contributed by atoms with Crippen LogP contribution in [0.5, 0.6) is 5.75 Å². The van der Waals surface area contributed by atoms with Crippen molar-refractivity contribution in [2.45, 2.75) is 18.9 Å². The third-order valence-electron chi connectivity index (χ3n) is 2.76. The van der Waals surface area contributed by atoms with E-state index in [-0.39, 0.29) is 6.61 Å². The number of hydrogen-bond donors (Lipinski definition) is 2. The number of rotatable bonds is 10. The molecule has 0 saturated carbocycles. The summed E-state index contributed by atoms with van der Waals surface area (Å²) in [6.07, 6.45) is 3.92. The fraction of sp³-hybridized carbons (Fsp3) is 0.533. The van der Waals surface area contributed by atoms with Gasteiger partial charge in [0.25, 0.3) is 0 Å². The summed E-state index contributed by atoms with van der Waals surface area (Å²) in [6.45, 7) is 1.72. The van der Waals surface area contributed by atoms with Crippen LogP contribution >= 0.6 is 11.8 Å². The molecule has 0 heterocycles. The fourth-order valence-electron chi connectivity index (χ4n) is 1.64. The molecular formula is C15H22N2O2S. The predicted molar refractivity (Wildman–Crippen MR) is 83.1 cm³/mol. The minimum atomic E-state index is -0.522. The summed E-state index contributed by atoms with van der Waals surface area (Å²) in [6, 6.07) is 8.93. The van der Waals surface area contributed by atoms with Crippen LogP contribution in [0.25, 0.3) is 0 Å². The zero-order valence-electron chi connectivity index (χ0n) is 11.8. The van der Waals surface area contributed by atoms with Crippen LogP contribution < -0.4 is 10.1 Å². The number of ether oxygens (including phenoxy) is 1. The van der Waals surface area contributed by atoms with Gasteiger partial charge >= 0.3 is 0 Å². The minimum Gasteiger partial charge on any atom is -0.491 e. The lowest BCUT2D eigenvalue weighted by Gasteiger charge is -2.13. The number of nitrogens with one attached hydrogen (secondary N) is 1. The van der Waals surface area contributed by atoms with Crippen molar-refractivity contribution in [2.24, 2.45) is 0 Å². The molecule has 1 unspecified atom stereocenters. The van der Waals surface area contributed by atoms with E-state index in [1.807, 2.05) is 11.8 Å². The number of nitrogens with zero attached hydrogens (tertiary/aromatic N) is 1. The normalized spacial score (nSPS) is 11.8. The molecule has 4 nitrogen and oxygen atoms in total. The maximum absolute atomic E-state index is 9.77. The molecule has 1 aromatic carbocycles. The van der Waals surface area contributed by atoms with Crippen molar-refractivity contribution in [2.75, 3.05) is 31.7 Å². The highest BCUT2D eigenvalue weighted by molar-refractivity contribution is 7.98. The second-order valence-electron chi connectivity index (χ2n) is 4.51. The number of benzene rings is 1. The van der Waals surface area contributed by atoms with E-state index in [1.54, 1.807) is 24.3 Å². The first kappa shape index (κ1) is 16.8. The molecule has 1 rings (SSSR count). The summed E-state index contributed by atoms with van der Waals surface area (Å²) >= 11 is 1.86. The van der Waals surface area contributed by atoms with Crippen LogP contribution in [0.2, 0.25) is 0 Å². The van der Waals surface area contributed by atoms with Gasteiger partial charge in [-0.2, -0.15) is 17.0 Å². The van der Waals surface area contributed by atoms with Crippen LogP contribution in [0.4, 0.5) is 0 Å². The monoisotopic (exact) mass is 294 g/mol. The molecule has 0 spiro atoms. The smallest absolute Gasteiger partial charge is 0.119 e. The van der Waals surface area contributed by atoms with Crippen molar-refractivity contribution < 1.29 is 9.84 Å². The second kappa shape index (κ2) is 10.6. The zero-order valence-corrected chi connectivity index (χ0v) is 12.7. The molecule has 0 radical (unpaired) electrons. The molecule has 0 amide bonds. The molecule has 1 aromatic rings. The second-order valence-corrected chi connectivity index (χ2v) is 5.49. The summed E-state index contributed by atoms with van der Waals surface area (Å²) in [5, 5.41) is 21.7. The van der Waals surface area contributed by atoms with Crippen LogP contribution in [0.1, 0.15) is 18.4 Å². The number of hydrogen-bond acceptors (Lipinski definition) is 5. The molecule has 2 N–H and O–H groups in total. The van der Waals surface area contributed by atoms with Gasteiger partial charge in [0.05, 0.1) is 11.6 Å². The average Bonchev–Trinajstić information content (AvgIpc) is 2.49. The van der Waals surface area contributed by atoms with Crippen molar-refractivity contribution in [3.05, 3.63) is 29.8 Å². The van der Waals surface area contributed by atoms with Crippen molar-refractivity contribution in [3.63, 3.8) is 0 Å². The molecule has 0 saturated heterocycles. The van der Waals surface area contributed by atoms with Gasteiger partial charge in [-0.05, 0) is 55.7 Å². The molecule has 0 aromatic heterocycles. The van der Waals surface area contributed by atoms with Crippen LogP contribution in [0, 0.1) is 11.3 Å². The van der Waals surface area contributed by atoms with Gasteiger partial charge in [-0.3, -0.25) is 0 Å². The van der Waals surface area contributed by atoms with Gasteiger partial charge in [0.1, 0.15) is 18.5 Å². The minimum absolute atomic E-state index is 0.254. The number of nitriles is 1. The number of aliphatic hydroxyl groups excluding tert-OH is 1. The lowest BCUT2D eigenvalue weighted by atomic mass is 10.2. The maximum Gasteiger partial charge on any atom is 0.119 e. The Morgan fingerprint density at radius 3 is 2.75 bits per heavy atom. The Morgan fingerprint density at radius 1 is 1.35 bits per heavy atom. The third kappa shape index (κ3) is 7.39. The number of thioether (sulfide) groups is 1. The van der Waals surface area contributed by atoms with E-state index in [1.165, 1.54) is 12.2 Å². The lowest BCUT2D eigenvalue weighted by Crippen LogP contribution is -2.32. The molecule has 20 heavy (non-hydrogen) atoms. The number of aliphatic hydroxyl groups is 1. The molecule has 0 aliphatic carbocycles. The Morgan fingerprint density at radius 2 is 2.10 bits per heavy atom. The maximum atomic E-state index is 9.77. The van der Waals surface area contributed by atoms with Gasteiger partial charge in [0.2, 0.25) is 0 Å². The lowest BCUT2D eigenvalue weighted by molar-refractivity contribution is 0.106. The van der Waals surface area contributed by atoms with Crippen LogP contribution in [-0.4, -0.2) is 42.9 Å². The van der Waals surface area contributed by atoms with E-state index >= 15 is 0 Å². The molecule has 0 aliphatic heterocycles. The average molecular weight is 294 g/mol. The summed E-state index contributed by atoms with van der Waals surface area (Å²) in [5.41, 5.74) is 0.602. The van der Waals surface area contributed by atoms with E-state index in [0.29, 0.717) is 17.9 Å². The summed E-state index contributed by atoms with van der Waals surface area (Å²) < 4.78 is 5.46. The molecule has 0 aliphatic rings. The van der Waals surface area contributed by atoms with Gasteiger partial charge in [-0.1, -0.05) is 0 Å². The Bertz CT molecular complexity index is 403. The highest BCUT2D eigenvalue weighted by Crippen LogP contribution is 2.11. The first-order valence-corrected chi connectivity index (χ1v) is 8.16. The summed E-state index contributed by atoms with van der Waals surface area (Å²) in [5.74, 6) is 1.86. The zero-order chi connectivity index (χ0) is 14.6. The Labute approximate surface area is 125 Å². The van der Waals surface area contributed by atoms with Crippen LogP contribution in [0.3, 0.4) is 0 Å². The quantitative estimate of drug-likeness (QED) is 0.646. The standard InChI is InChI=1S/C15H22N2O2S/c1-20-9-3-2-8-17-11-14(18)12-19-15-6-4-13(10-16)5-7-15/h4-7,14,17-18H,2-3,8-9,11-12H2,1H3.